The van der Waals surface area contributed by atoms with E-state index in [2.05, 4.69) is 68.9 Å². The Hall–Kier alpha value is -2.56. The summed E-state index contributed by atoms with van der Waals surface area (Å²) in [5.41, 5.74) is 7.40. The smallest absolute Gasteiger partial charge is 0.308 e. The fraction of sp³-hybridized carbons (Fsp3) is 0.636. The van der Waals surface area contributed by atoms with Crippen molar-refractivity contribution < 1.29 is 14.3 Å². The second-order valence-corrected chi connectivity index (χ2v) is 13.6. The molecule has 5 nitrogen and oxygen atoms in total. The zero-order chi connectivity index (χ0) is 27.2. The molecule has 0 aliphatic heterocycles. The van der Waals surface area contributed by atoms with Gasteiger partial charge in [0.1, 0.15) is 0 Å². The van der Waals surface area contributed by atoms with Crippen LogP contribution in [0.25, 0.3) is 5.69 Å². The summed E-state index contributed by atoms with van der Waals surface area (Å²) in [5, 5.41) is 3.20. The van der Waals surface area contributed by atoms with Gasteiger partial charge in [-0.25, -0.2) is 0 Å². The minimum absolute atomic E-state index is 0.0270. The highest BCUT2D eigenvalue weighted by Crippen LogP contribution is 2.49. The maximum atomic E-state index is 13.5. The van der Waals surface area contributed by atoms with Crippen molar-refractivity contribution in [1.29, 1.82) is 0 Å². The number of amides is 1. The predicted molar refractivity (Wildman–Crippen MR) is 152 cm³/mol. The molecule has 1 aromatic heterocycles. The molecule has 1 aromatic carbocycles. The molecule has 0 spiro atoms. The molecular formula is C33H46N2O3. The quantitative estimate of drug-likeness (QED) is 0.404. The van der Waals surface area contributed by atoms with Gasteiger partial charge in [0.05, 0.1) is 18.6 Å². The van der Waals surface area contributed by atoms with Crippen LogP contribution in [0.2, 0.25) is 0 Å². The minimum atomic E-state index is -0.175. The Balaban J connectivity index is 1.50. The van der Waals surface area contributed by atoms with Crippen molar-refractivity contribution in [3.8, 4) is 5.69 Å². The third-order valence-corrected chi connectivity index (χ3v) is 9.60. The highest BCUT2D eigenvalue weighted by Gasteiger charge is 2.40. The van der Waals surface area contributed by atoms with Crippen LogP contribution in [0.5, 0.6) is 0 Å². The van der Waals surface area contributed by atoms with Crippen LogP contribution >= 0.6 is 0 Å². The Bertz CT molecular complexity index is 1180. The standard InChI is InChI=1S/C33H46N2O3/c1-21-28(30(36)34-26-15-23(16-26)31(37)38-6)20-35(29(21)14-22-10-8-7-9-11-22)27-18-24(32(2,3)4)17-25(19-27)33(5)12-13-33/h17-20,22-23,26H,7-16H2,1-6H3,(H,34,36). The van der Waals surface area contributed by atoms with E-state index >= 15 is 0 Å². The van der Waals surface area contributed by atoms with Crippen molar-refractivity contribution in [3.05, 3.63) is 52.3 Å². The molecule has 0 saturated heterocycles. The Labute approximate surface area is 228 Å². The summed E-state index contributed by atoms with van der Waals surface area (Å²) in [7, 11) is 1.43. The molecule has 0 bridgehead atoms. The van der Waals surface area contributed by atoms with E-state index in [4.69, 9.17) is 4.74 Å². The zero-order valence-electron chi connectivity index (χ0n) is 24.3. The molecule has 3 aliphatic rings. The second-order valence-electron chi connectivity index (χ2n) is 13.6. The summed E-state index contributed by atoms with van der Waals surface area (Å²) < 4.78 is 7.20. The normalized spacial score (nSPS) is 23.0. The van der Waals surface area contributed by atoms with E-state index in [9.17, 15) is 9.59 Å². The van der Waals surface area contributed by atoms with Gasteiger partial charge in [-0.15, -0.1) is 0 Å². The first-order chi connectivity index (χ1) is 18.0. The number of nitrogens with one attached hydrogen (secondary N) is 1. The molecule has 1 heterocycles. The maximum Gasteiger partial charge on any atom is 0.308 e. The number of hydrogen-bond donors (Lipinski definition) is 1. The average molecular weight is 519 g/mol. The number of methoxy groups -OCH3 is 1. The molecular weight excluding hydrogens is 472 g/mol. The van der Waals surface area contributed by atoms with E-state index in [-0.39, 0.29) is 34.7 Å². The van der Waals surface area contributed by atoms with Gasteiger partial charge in [0.15, 0.2) is 0 Å². The molecule has 5 rings (SSSR count). The highest BCUT2D eigenvalue weighted by molar-refractivity contribution is 5.96. The fourth-order valence-corrected chi connectivity index (χ4v) is 6.38. The van der Waals surface area contributed by atoms with Gasteiger partial charge in [0.2, 0.25) is 0 Å². The van der Waals surface area contributed by atoms with Crippen molar-refractivity contribution in [3.63, 3.8) is 0 Å². The van der Waals surface area contributed by atoms with Gasteiger partial charge in [0, 0.05) is 23.6 Å². The molecule has 0 radical (unpaired) electrons. The number of nitrogens with zero attached hydrogens (tertiary/aromatic N) is 1. The van der Waals surface area contributed by atoms with Crippen LogP contribution in [0.15, 0.2) is 24.4 Å². The highest BCUT2D eigenvalue weighted by atomic mass is 16.5. The van der Waals surface area contributed by atoms with E-state index in [0.717, 1.165) is 17.5 Å². The van der Waals surface area contributed by atoms with Gasteiger partial charge < -0.3 is 14.6 Å². The molecule has 5 heteroatoms. The van der Waals surface area contributed by atoms with E-state index in [1.54, 1.807) is 0 Å². The van der Waals surface area contributed by atoms with E-state index < -0.39 is 0 Å². The number of benzene rings is 1. The summed E-state index contributed by atoms with van der Waals surface area (Å²) in [6.45, 7) is 11.4. The molecule has 1 N–H and O–H groups in total. The van der Waals surface area contributed by atoms with Crippen molar-refractivity contribution in [1.82, 2.24) is 9.88 Å². The topological polar surface area (TPSA) is 60.3 Å². The van der Waals surface area contributed by atoms with Crippen LogP contribution in [-0.4, -0.2) is 29.6 Å². The second kappa shape index (κ2) is 10.2. The lowest BCUT2D eigenvalue weighted by Crippen LogP contribution is -2.47. The Morgan fingerprint density at radius 2 is 1.76 bits per heavy atom. The van der Waals surface area contributed by atoms with E-state index in [0.29, 0.717) is 18.8 Å². The maximum absolute atomic E-state index is 13.5. The van der Waals surface area contributed by atoms with Gasteiger partial charge >= 0.3 is 5.97 Å². The molecule has 0 unspecified atom stereocenters. The lowest BCUT2D eigenvalue weighted by atomic mass is 9.80. The number of aromatic nitrogens is 1. The van der Waals surface area contributed by atoms with Crippen LogP contribution in [0.1, 0.15) is 118 Å². The van der Waals surface area contributed by atoms with Crippen molar-refractivity contribution in [2.45, 2.75) is 116 Å². The summed E-state index contributed by atoms with van der Waals surface area (Å²) in [4.78, 5) is 25.3. The zero-order valence-corrected chi connectivity index (χ0v) is 24.3. The number of ether oxygens (including phenoxy) is 1. The molecule has 0 atom stereocenters. The third-order valence-electron chi connectivity index (χ3n) is 9.60. The van der Waals surface area contributed by atoms with Crippen LogP contribution in [-0.2, 0) is 26.8 Å². The van der Waals surface area contributed by atoms with Gasteiger partial charge in [0.25, 0.3) is 5.91 Å². The summed E-state index contributed by atoms with van der Waals surface area (Å²) in [6.07, 6.45) is 13.4. The lowest BCUT2D eigenvalue weighted by molar-refractivity contribution is -0.149. The minimum Gasteiger partial charge on any atom is -0.469 e. The van der Waals surface area contributed by atoms with Gasteiger partial charge in [-0.2, -0.15) is 0 Å². The molecule has 1 amide bonds. The Morgan fingerprint density at radius 1 is 1.08 bits per heavy atom. The molecule has 3 aliphatic carbocycles. The summed E-state index contributed by atoms with van der Waals surface area (Å²) in [6, 6.07) is 7.16. The predicted octanol–water partition coefficient (Wildman–Crippen LogP) is 6.94. The van der Waals surface area contributed by atoms with Gasteiger partial charge in [-0.05, 0) is 84.6 Å². The number of carbonyl (C=O) groups is 2. The summed E-state index contributed by atoms with van der Waals surface area (Å²) >= 11 is 0. The fourth-order valence-electron chi connectivity index (χ4n) is 6.38. The first kappa shape index (κ1) is 27.0. The van der Waals surface area contributed by atoms with Crippen LogP contribution in [0.3, 0.4) is 0 Å². The van der Waals surface area contributed by atoms with Crippen LogP contribution < -0.4 is 5.32 Å². The van der Waals surface area contributed by atoms with Crippen LogP contribution in [0.4, 0.5) is 0 Å². The Morgan fingerprint density at radius 3 is 2.37 bits per heavy atom. The SMILES string of the molecule is COC(=O)C1CC(NC(=O)c2cn(-c3cc(C(C)(C)C)cc(C4(C)CC4)c3)c(CC3CCCCC3)c2C)C1. The average Bonchev–Trinajstić information content (AvgIpc) is 3.54. The molecule has 3 saturated carbocycles. The molecule has 2 aromatic rings. The molecule has 38 heavy (non-hydrogen) atoms. The number of esters is 1. The molecule has 3 fully saturated rings. The van der Waals surface area contributed by atoms with E-state index in [1.807, 2.05) is 0 Å². The first-order valence-corrected chi connectivity index (χ1v) is 14.7. The third kappa shape index (κ3) is 5.44. The largest absolute Gasteiger partial charge is 0.469 e. The summed E-state index contributed by atoms with van der Waals surface area (Å²) in [5.74, 6) is 0.373. The van der Waals surface area contributed by atoms with Crippen molar-refractivity contribution >= 4 is 11.9 Å². The van der Waals surface area contributed by atoms with Gasteiger partial charge in [-0.1, -0.05) is 65.9 Å². The number of rotatable bonds is 7. The first-order valence-electron chi connectivity index (χ1n) is 14.7. The van der Waals surface area contributed by atoms with Crippen molar-refractivity contribution in [2.24, 2.45) is 11.8 Å². The van der Waals surface area contributed by atoms with Gasteiger partial charge in [-0.3, -0.25) is 9.59 Å². The van der Waals surface area contributed by atoms with Crippen LogP contribution in [0, 0.1) is 18.8 Å². The Kier molecular flexibility index (Phi) is 7.26. The molecule has 206 valence electrons. The number of hydrogen-bond acceptors (Lipinski definition) is 3. The van der Waals surface area contributed by atoms with Crippen molar-refractivity contribution in [2.75, 3.05) is 7.11 Å². The lowest BCUT2D eigenvalue weighted by Gasteiger charge is -2.33. The van der Waals surface area contributed by atoms with E-state index in [1.165, 1.54) is 74.6 Å². The number of carbonyl (C=O) groups excluding carboxylic acids is 2. The monoisotopic (exact) mass is 518 g/mol.